The van der Waals surface area contributed by atoms with Crippen molar-refractivity contribution in [2.45, 2.75) is 45.3 Å². The maximum absolute atomic E-state index is 12.0. The monoisotopic (exact) mass is 252 g/mol. The second-order valence-electron chi connectivity index (χ2n) is 5.38. The molecule has 1 amide bonds. The third-order valence-corrected chi connectivity index (χ3v) is 3.24. The molecule has 2 heterocycles. The van der Waals surface area contributed by atoms with Gasteiger partial charge in [-0.25, -0.2) is 0 Å². The van der Waals surface area contributed by atoms with Crippen molar-refractivity contribution in [1.29, 1.82) is 0 Å². The van der Waals surface area contributed by atoms with Crippen LogP contribution in [0.1, 0.15) is 42.9 Å². The van der Waals surface area contributed by atoms with Crippen LogP contribution in [-0.4, -0.2) is 34.4 Å². The highest BCUT2D eigenvalue weighted by atomic mass is 16.5. The van der Waals surface area contributed by atoms with Gasteiger partial charge in [0.05, 0.1) is 17.0 Å². The highest BCUT2D eigenvalue weighted by Crippen LogP contribution is 2.24. The number of carbonyl (C=O) groups is 1. The Labute approximate surface area is 106 Å². The van der Waals surface area contributed by atoms with E-state index in [1.54, 1.807) is 6.92 Å². The van der Waals surface area contributed by atoms with Crippen molar-refractivity contribution in [3.8, 4) is 0 Å². The maximum Gasteiger partial charge on any atom is 0.274 e. The van der Waals surface area contributed by atoms with Crippen LogP contribution in [0.25, 0.3) is 0 Å². The average Bonchev–Trinajstić information content (AvgIpc) is 2.58. The first kappa shape index (κ1) is 12.9. The zero-order valence-electron chi connectivity index (χ0n) is 11.0. The molecule has 0 aliphatic carbocycles. The van der Waals surface area contributed by atoms with Crippen molar-refractivity contribution >= 4 is 11.6 Å². The number of H-pyrrole nitrogens is 1. The number of aromatic amines is 1. The van der Waals surface area contributed by atoms with Gasteiger partial charge < -0.3 is 15.8 Å². The molecular formula is C12H20N4O2. The summed E-state index contributed by atoms with van der Waals surface area (Å²) in [6.45, 7) is 6.50. The van der Waals surface area contributed by atoms with Gasteiger partial charge in [-0.05, 0) is 33.6 Å². The smallest absolute Gasteiger partial charge is 0.274 e. The number of hydrogen-bond donors (Lipinski definition) is 3. The van der Waals surface area contributed by atoms with Crippen LogP contribution in [0, 0.1) is 6.92 Å². The summed E-state index contributed by atoms with van der Waals surface area (Å²) in [6, 6.07) is 0.109. The van der Waals surface area contributed by atoms with Crippen molar-refractivity contribution in [2.75, 3.05) is 12.3 Å². The molecule has 6 heteroatoms. The molecule has 0 radical (unpaired) electrons. The molecular weight excluding hydrogens is 232 g/mol. The minimum Gasteiger partial charge on any atom is -0.395 e. The van der Waals surface area contributed by atoms with Crippen LogP contribution in [0.15, 0.2) is 0 Å². The summed E-state index contributed by atoms with van der Waals surface area (Å²) >= 11 is 0. The van der Waals surface area contributed by atoms with E-state index >= 15 is 0 Å². The predicted octanol–water partition coefficient (Wildman–Crippen LogP) is 0.988. The van der Waals surface area contributed by atoms with Gasteiger partial charge in [0.2, 0.25) is 0 Å². The number of aromatic nitrogens is 2. The third kappa shape index (κ3) is 2.64. The van der Waals surface area contributed by atoms with E-state index in [1.807, 2.05) is 13.8 Å². The van der Waals surface area contributed by atoms with Gasteiger partial charge in [-0.2, -0.15) is 5.10 Å². The molecule has 2 rings (SSSR count). The first-order valence-corrected chi connectivity index (χ1v) is 6.14. The van der Waals surface area contributed by atoms with E-state index in [0.717, 1.165) is 12.8 Å². The number of rotatable bonds is 2. The summed E-state index contributed by atoms with van der Waals surface area (Å²) in [5.41, 5.74) is 7.00. The first-order chi connectivity index (χ1) is 8.39. The van der Waals surface area contributed by atoms with Crippen LogP contribution in [0.2, 0.25) is 0 Å². The van der Waals surface area contributed by atoms with Crippen LogP contribution in [0.3, 0.4) is 0 Å². The average molecular weight is 252 g/mol. The molecule has 6 nitrogen and oxygen atoms in total. The Bertz CT molecular complexity index is 453. The Morgan fingerprint density at radius 3 is 2.89 bits per heavy atom. The maximum atomic E-state index is 12.0. The number of nitrogens with two attached hydrogens (primary N) is 1. The highest BCUT2D eigenvalue weighted by molar-refractivity contribution is 5.97. The Morgan fingerprint density at radius 2 is 2.33 bits per heavy atom. The summed E-state index contributed by atoms with van der Waals surface area (Å²) in [7, 11) is 0. The Kier molecular flexibility index (Phi) is 3.30. The largest absolute Gasteiger partial charge is 0.395 e. The van der Waals surface area contributed by atoms with Crippen LogP contribution < -0.4 is 11.1 Å². The number of nitrogen functional groups attached to an aromatic ring is 1. The van der Waals surface area contributed by atoms with Crippen molar-refractivity contribution < 1.29 is 9.53 Å². The molecule has 1 atom stereocenters. The van der Waals surface area contributed by atoms with Gasteiger partial charge in [0.1, 0.15) is 0 Å². The predicted molar refractivity (Wildman–Crippen MR) is 68.3 cm³/mol. The number of anilines is 1. The molecule has 0 aromatic carbocycles. The van der Waals surface area contributed by atoms with Crippen LogP contribution in [0.5, 0.6) is 0 Å². The van der Waals surface area contributed by atoms with Crippen molar-refractivity contribution in [3.05, 3.63) is 11.4 Å². The van der Waals surface area contributed by atoms with Gasteiger partial charge in [0.15, 0.2) is 5.69 Å². The molecule has 1 aromatic heterocycles. The van der Waals surface area contributed by atoms with E-state index in [2.05, 4.69) is 15.5 Å². The lowest BCUT2D eigenvalue weighted by Crippen LogP contribution is -2.46. The van der Waals surface area contributed by atoms with Gasteiger partial charge in [-0.15, -0.1) is 0 Å². The molecule has 100 valence electrons. The van der Waals surface area contributed by atoms with Crippen LogP contribution in [-0.2, 0) is 4.74 Å². The number of amides is 1. The molecule has 0 bridgehead atoms. The fourth-order valence-corrected chi connectivity index (χ4v) is 2.22. The molecule has 1 aliphatic heterocycles. The molecule has 0 saturated carbocycles. The molecule has 4 N–H and O–H groups in total. The summed E-state index contributed by atoms with van der Waals surface area (Å²) in [5, 5.41) is 9.60. The van der Waals surface area contributed by atoms with Crippen molar-refractivity contribution in [3.63, 3.8) is 0 Å². The lowest BCUT2D eigenvalue weighted by atomic mass is 9.94. The number of nitrogens with zero attached hydrogens (tertiary/aromatic N) is 1. The second kappa shape index (κ2) is 4.61. The minimum absolute atomic E-state index is 0.109. The third-order valence-electron chi connectivity index (χ3n) is 3.24. The fourth-order valence-electron chi connectivity index (χ4n) is 2.22. The quantitative estimate of drug-likeness (QED) is 0.731. The van der Waals surface area contributed by atoms with Gasteiger partial charge >= 0.3 is 0 Å². The number of carbonyl (C=O) groups excluding carboxylic acids is 1. The Hall–Kier alpha value is -1.56. The van der Waals surface area contributed by atoms with E-state index in [1.165, 1.54) is 0 Å². The van der Waals surface area contributed by atoms with Gasteiger partial charge in [0, 0.05) is 12.6 Å². The van der Waals surface area contributed by atoms with E-state index in [9.17, 15) is 4.79 Å². The van der Waals surface area contributed by atoms with Gasteiger partial charge in [0.25, 0.3) is 5.91 Å². The van der Waals surface area contributed by atoms with Crippen LogP contribution >= 0.6 is 0 Å². The molecule has 0 spiro atoms. The fraction of sp³-hybridized carbons (Fsp3) is 0.667. The number of ether oxygens (including phenoxy) is 1. The lowest BCUT2D eigenvalue weighted by molar-refractivity contribution is -0.0615. The summed E-state index contributed by atoms with van der Waals surface area (Å²) < 4.78 is 5.61. The number of hydrogen-bond acceptors (Lipinski definition) is 4. The van der Waals surface area contributed by atoms with Crippen molar-refractivity contribution in [1.82, 2.24) is 15.5 Å². The van der Waals surface area contributed by atoms with Gasteiger partial charge in [-0.1, -0.05) is 0 Å². The molecule has 1 aliphatic rings. The molecule has 1 saturated heterocycles. The number of nitrogens with one attached hydrogen (secondary N) is 2. The minimum atomic E-state index is -0.223. The van der Waals surface area contributed by atoms with E-state index in [-0.39, 0.29) is 23.2 Å². The van der Waals surface area contributed by atoms with E-state index in [4.69, 9.17) is 10.5 Å². The van der Waals surface area contributed by atoms with E-state index in [0.29, 0.717) is 18.0 Å². The second-order valence-corrected chi connectivity index (χ2v) is 5.38. The topological polar surface area (TPSA) is 93.0 Å². The summed E-state index contributed by atoms with van der Waals surface area (Å²) in [4.78, 5) is 12.0. The molecule has 1 aromatic rings. The Morgan fingerprint density at radius 1 is 1.61 bits per heavy atom. The van der Waals surface area contributed by atoms with Crippen molar-refractivity contribution in [2.24, 2.45) is 0 Å². The molecule has 1 fully saturated rings. The standard InChI is InChI=1S/C12H20N4O2/c1-7-9(13)10(16-15-7)11(17)14-8-4-5-18-12(2,3)6-8/h8H,4-6,13H2,1-3H3,(H,14,17)(H,15,16). The van der Waals surface area contributed by atoms with E-state index < -0.39 is 0 Å². The first-order valence-electron chi connectivity index (χ1n) is 6.14. The lowest BCUT2D eigenvalue weighted by Gasteiger charge is -2.35. The molecule has 1 unspecified atom stereocenters. The summed E-state index contributed by atoms with van der Waals surface area (Å²) in [6.07, 6.45) is 1.61. The zero-order valence-corrected chi connectivity index (χ0v) is 11.0. The number of aryl methyl sites for hydroxylation is 1. The van der Waals surface area contributed by atoms with Crippen LogP contribution in [0.4, 0.5) is 5.69 Å². The normalized spacial score (nSPS) is 22.7. The molecule has 18 heavy (non-hydrogen) atoms. The zero-order chi connectivity index (χ0) is 13.3. The SMILES string of the molecule is Cc1[nH]nc(C(=O)NC2CCOC(C)(C)C2)c1N. The highest BCUT2D eigenvalue weighted by Gasteiger charge is 2.30. The Balaban J connectivity index is 2.01. The summed E-state index contributed by atoms with van der Waals surface area (Å²) in [5.74, 6) is -0.223. The van der Waals surface area contributed by atoms with Gasteiger partial charge in [-0.3, -0.25) is 9.89 Å².